The van der Waals surface area contributed by atoms with Crippen molar-refractivity contribution < 1.29 is 14.6 Å². The zero-order valence-corrected chi connectivity index (χ0v) is 9.98. The Morgan fingerprint density at radius 2 is 2.29 bits per heavy atom. The van der Waals surface area contributed by atoms with Crippen molar-refractivity contribution in [2.75, 3.05) is 20.2 Å². The highest BCUT2D eigenvalue weighted by Gasteiger charge is 2.13. The summed E-state index contributed by atoms with van der Waals surface area (Å²) in [5.74, 6) is -0.0667. The van der Waals surface area contributed by atoms with Gasteiger partial charge in [0.2, 0.25) is 0 Å². The highest BCUT2D eigenvalue weighted by atomic mass is 16.5. The number of ether oxygens (including phenoxy) is 1. The van der Waals surface area contributed by atoms with Crippen LogP contribution in [0.25, 0.3) is 0 Å². The van der Waals surface area contributed by atoms with Crippen molar-refractivity contribution in [3.63, 3.8) is 0 Å². The maximum atomic E-state index is 10.4. The zero-order valence-electron chi connectivity index (χ0n) is 9.98. The number of nitrogens with zero attached hydrogens (tertiary/aromatic N) is 1. The molecular formula is C13H17NO3. The summed E-state index contributed by atoms with van der Waals surface area (Å²) in [5.41, 5.74) is 2.65. The van der Waals surface area contributed by atoms with Crippen LogP contribution in [0.5, 0.6) is 5.75 Å². The first kappa shape index (κ1) is 11.9. The number of aliphatic carboxylic acids is 1. The van der Waals surface area contributed by atoms with Gasteiger partial charge in [0.15, 0.2) is 0 Å². The molecule has 1 aromatic rings. The molecule has 1 N–H and O–H groups in total. The molecule has 0 unspecified atom stereocenters. The van der Waals surface area contributed by atoms with Crippen LogP contribution in [0.1, 0.15) is 17.5 Å². The van der Waals surface area contributed by atoms with E-state index in [9.17, 15) is 4.79 Å². The lowest BCUT2D eigenvalue weighted by molar-refractivity contribution is -0.137. The Kier molecular flexibility index (Phi) is 3.64. The van der Waals surface area contributed by atoms with Gasteiger partial charge in [-0.05, 0) is 36.7 Å². The van der Waals surface area contributed by atoms with Gasteiger partial charge in [0.1, 0.15) is 5.75 Å². The van der Waals surface area contributed by atoms with Crippen LogP contribution >= 0.6 is 0 Å². The number of carboxylic acid groups (broad SMARTS) is 1. The van der Waals surface area contributed by atoms with E-state index in [1.807, 2.05) is 12.1 Å². The monoisotopic (exact) mass is 235 g/mol. The van der Waals surface area contributed by atoms with Gasteiger partial charge in [-0.1, -0.05) is 6.07 Å². The van der Waals surface area contributed by atoms with Crippen LogP contribution < -0.4 is 4.74 Å². The Labute approximate surface area is 101 Å². The van der Waals surface area contributed by atoms with Crippen molar-refractivity contribution >= 4 is 5.97 Å². The van der Waals surface area contributed by atoms with E-state index in [0.29, 0.717) is 0 Å². The summed E-state index contributed by atoms with van der Waals surface area (Å²) in [6, 6.07) is 6.03. The van der Waals surface area contributed by atoms with Gasteiger partial charge in [0.05, 0.1) is 13.0 Å². The smallest absolute Gasteiger partial charge is 0.306 e. The van der Waals surface area contributed by atoms with E-state index in [0.717, 1.165) is 25.3 Å². The molecule has 1 heterocycles. The molecule has 0 saturated carbocycles. The second-order valence-electron chi connectivity index (χ2n) is 4.41. The molecule has 0 amide bonds. The quantitative estimate of drug-likeness (QED) is 0.859. The van der Waals surface area contributed by atoms with Gasteiger partial charge in [0.25, 0.3) is 0 Å². The second kappa shape index (κ2) is 5.19. The lowest BCUT2D eigenvalue weighted by Crippen LogP contribution is -2.26. The minimum absolute atomic E-state index is 0.0387. The van der Waals surface area contributed by atoms with Crippen LogP contribution in [0.2, 0.25) is 0 Å². The van der Waals surface area contributed by atoms with Gasteiger partial charge in [-0.25, -0.2) is 0 Å². The number of benzene rings is 1. The molecule has 0 saturated heterocycles. The Morgan fingerprint density at radius 1 is 1.47 bits per heavy atom. The van der Waals surface area contributed by atoms with Gasteiger partial charge in [0, 0.05) is 13.1 Å². The van der Waals surface area contributed by atoms with Crippen LogP contribution in [0.3, 0.4) is 0 Å². The second-order valence-corrected chi connectivity index (χ2v) is 4.41. The highest BCUT2D eigenvalue weighted by Crippen LogP contribution is 2.23. The molecule has 1 aliphatic rings. The summed E-state index contributed by atoms with van der Waals surface area (Å²) in [5, 5.41) is 8.53. The fourth-order valence-electron chi connectivity index (χ4n) is 2.02. The van der Waals surface area contributed by atoms with Crippen molar-refractivity contribution in [1.82, 2.24) is 4.90 Å². The first-order valence-electron chi connectivity index (χ1n) is 5.80. The molecule has 2 rings (SSSR count). The Balaban J connectivity index is 2.00. The molecule has 0 radical (unpaired) electrons. The molecule has 17 heavy (non-hydrogen) atoms. The molecule has 1 aromatic carbocycles. The third-order valence-corrected chi connectivity index (χ3v) is 2.97. The molecule has 0 aromatic heterocycles. The Morgan fingerprint density at radius 3 is 3.06 bits per heavy atom. The topological polar surface area (TPSA) is 49.8 Å². The maximum Gasteiger partial charge on any atom is 0.306 e. The SMILES string of the molecule is CN1CCc2ccc(OCCC(=O)O)cc2C1. The van der Waals surface area contributed by atoms with Crippen LogP contribution in [0, 0.1) is 0 Å². The lowest BCUT2D eigenvalue weighted by atomic mass is 10.00. The first-order chi connectivity index (χ1) is 8.15. The van der Waals surface area contributed by atoms with Gasteiger partial charge in [-0.3, -0.25) is 4.79 Å². The molecule has 0 atom stereocenters. The summed E-state index contributed by atoms with van der Waals surface area (Å²) in [6.07, 6.45) is 1.11. The Hall–Kier alpha value is -1.55. The van der Waals surface area contributed by atoms with Gasteiger partial charge in [-0.2, -0.15) is 0 Å². The minimum Gasteiger partial charge on any atom is -0.493 e. The molecule has 92 valence electrons. The maximum absolute atomic E-state index is 10.4. The molecule has 4 nitrogen and oxygen atoms in total. The molecule has 0 fully saturated rings. The average Bonchev–Trinajstić information content (AvgIpc) is 2.28. The fraction of sp³-hybridized carbons (Fsp3) is 0.462. The van der Waals surface area contributed by atoms with Gasteiger partial charge in [-0.15, -0.1) is 0 Å². The van der Waals surface area contributed by atoms with Crippen molar-refractivity contribution in [3.05, 3.63) is 29.3 Å². The van der Waals surface area contributed by atoms with E-state index in [-0.39, 0.29) is 13.0 Å². The molecular weight excluding hydrogens is 218 g/mol. The predicted molar refractivity (Wildman–Crippen MR) is 64.2 cm³/mol. The number of carboxylic acids is 1. The van der Waals surface area contributed by atoms with E-state index in [1.165, 1.54) is 11.1 Å². The fourth-order valence-corrected chi connectivity index (χ4v) is 2.02. The molecule has 4 heteroatoms. The summed E-state index contributed by atoms with van der Waals surface area (Å²) in [6.45, 7) is 2.25. The largest absolute Gasteiger partial charge is 0.493 e. The van der Waals surface area contributed by atoms with Crippen molar-refractivity contribution in [1.29, 1.82) is 0 Å². The molecule has 0 aliphatic carbocycles. The van der Waals surface area contributed by atoms with E-state index in [1.54, 1.807) is 0 Å². The molecule has 0 bridgehead atoms. The number of fused-ring (bicyclic) bond motifs is 1. The van der Waals surface area contributed by atoms with E-state index in [2.05, 4.69) is 18.0 Å². The summed E-state index contributed by atoms with van der Waals surface area (Å²) < 4.78 is 5.42. The van der Waals surface area contributed by atoms with Gasteiger partial charge < -0.3 is 14.7 Å². The third kappa shape index (κ3) is 3.20. The third-order valence-electron chi connectivity index (χ3n) is 2.97. The van der Waals surface area contributed by atoms with Crippen molar-refractivity contribution in [2.24, 2.45) is 0 Å². The zero-order chi connectivity index (χ0) is 12.3. The van der Waals surface area contributed by atoms with E-state index in [4.69, 9.17) is 9.84 Å². The van der Waals surface area contributed by atoms with Crippen molar-refractivity contribution in [3.8, 4) is 5.75 Å². The van der Waals surface area contributed by atoms with E-state index < -0.39 is 5.97 Å². The van der Waals surface area contributed by atoms with Crippen LogP contribution in [0.4, 0.5) is 0 Å². The average molecular weight is 235 g/mol. The molecule has 1 aliphatic heterocycles. The lowest BCUT2D eigenvalue weighted by Gasteiger charge is -2.25. The molecule has 0 spiro atoms. The van der Waals surface area contributed by atoms with Gasteiger partial charge >= 0.3 is 5.97 Å². The predicted octanol–water partition coefficient (Wildman–Crippen LogP) is 1.53. The summed E-state index contributed by atoms with van der Waals surface area (Å²) >= 11 is 0. The highest BCUT2D eigenvalue weighted by molar-refractivity contribution is 5.66. The van der Waals surface area contributed by atoms with Crippen molar-refractivity contribution in [2.45, 2.75) is 19.4 Å². The summed E-state index contributed by atoms with van der Waals surface area (Å²) in [7, 11) is 2.10. The number of hydrogen-bond donors (Lipinski definition) is 1. The number of hydrogen-bond acceptors (Lipinski definition) is 3. The first-order valence-corrected chi connectivity index (χ1v) is 5.80. The van der Waals surface area contributed by atoms with Crippen LogP contribution in [0.15, 0.2) is 18.2 Å². The Bertz CT molecular complexity index is 417. The number of likely N-dealkylation sites (N-methyl/N-ethyl adjacent to an activating group) is 1. The van der Waals surface area contributed by atoms with Crippen LogP contribution in [-0.2, 0) is 17.8 Å². The minimum atomic E-state index is -0.831. The number of carbonyl (C=O) groups is 1. The standard InChI is InChI=1S/C13H17NO3/c1-14-6-4-10-2-3-12(8-11(10)9-14)17-7-5-13(15)16/h2-3,8H,4-7,9H2,1H3,(H,15,16). The number of rotatable bonds is 4. The summed E-state index contributed by atoms with van der Waals surface area (Å²) in [4.78, 5) is 12.6. The van der Waals surface area contributed by atoms with Crippen LogP contribution in [-0.4, -0.2) is 36.2 Å². The normalized spacial score (nSPS) is 15.4. The van der Waals surface area contributed by atoms with E-state index >= 15 is 0 Å².